The summed E-state index contributed by atoms with van der Waals surface area (Å²) in [7, 11) is -3.24. The van der Waals surface area contributed by atoms with Gasteiger partial charge in [-0.25, -0.2) is 13.4 Å². The van der Waals surface area contributed by atoms with E-state index in [4.69, 9.17) is 6.42 Å². The summed E-state index contributed by atoms with van der Waals surface area (Å²) in [6.07, 6.45) is 9.28. The van der Waals surface area contributed by atoms with Crippen molar-refractivity contribution in [3.63, 3.8) is 0 Å². The largest absolute Gasteiger partial charge is 0.369 e. The third-order valence-electron chi connectivity index (χ3n) is 1.96. The molecule has 0 aliphatic rings. The normalized spacial score (nSPS) is 10.8. The summed E-state index contributed by atoms with van der Waals surface area (Å²) in [4.78, 5) is 4.22. The molecule has 0 aliphatic heterocycles. The maximum atomic E-state index is 11.4. The van der Waals surface area contributed by atoms with E-state index in [0.717, 1.165) is 12.7 Å². The standard InChI is InChI=1S/C11H14N2O2S/c1-3-4-5-8-12-11-10(16(2,14)15)7-6-9-13-11/h1,6-7,9H,4-5,8H2,2H3,(H,12,13). The van der Waals surface area contributed by atoms with Gasteiger partial charge in [-0.2, -0.15) is 0 Å². The van der Waals surface area contributed by atoms with Gasteiger partial charge in [0.25, 0.3) is 0 Å². The van der Waals surface area contributed by atoms with Crippen molar-refractivity contribution < 1.29 is 8.42 Å². The van der Waals surface area contributed by atoms with Crippen LogP contribution in [0.15, 0.2) is 23.2 Å². The Bertz CT molecular complexity index is 489. The van der Waals surface area contributed by atoms with Gasteiger partial charge in [-0.05, 0) is 18.6 Å². The highest BCUT2D eigenvalue weighted by atomic mass is 32.2. The second-order valence-corrected chi connectivity index (χ2v) is 5.34. The Morgan fingerprint density at radius 2 is 2.31 bits per heavy atom. The molecule has 5 heteroatoms. The summed E-state index contributed by atoms with van der Waals surface area (Å²) in [5.41, 5.74) is 0. The number of pyridine rings is 1. The molecule has 0 amide bonds. The fraction of sp³-hybridized carbons (Fsp3) is 0.364. The average molecular weight is 238 g/mol. The lowest BCUT2D eigenvalue weighted by atomic mass is 10.3. The number of nitrogens with one attached hydrogen (secondary N) is 1. The Hall–Kier alpha value is -1.54. The fourth-order valence-electron chi connectivity index (χ4n) is 1.22. The highest BCUT2D eigenvalue weighted by Crippen LogP contribution is 2.17. The van der Waals surface area contributed by atoms with Crippen molar-refractivity contribution in [3.8, 4) is 12.3 Å². The van der Waals surface area contributed by atoms with Crippen LogP contribution in [0, 0.1) is 12.3 Å². The lowest BCUT2D eigenvalue weighted by Crippen LogP contribution is -2.08. The number of hydrogen-bond donors (Lipinski definition) is 1. The van der Waals surface area contributed by atoms with Crippen LogP contribution in [0.2, 0.25) is 0 Å². The van der Waals surface area contributed by atoms with Crippen LogP contribution in [-0.4, -0.2) is 26.2 Å². The number of terminal acetylenes is 1. The minimum absolute atomic E-state index is 0.218. The third kappa shape index (κ3) is 3.55. The SMILES string of the molecule is C#CCCCNc1ncccc1S(C)(=O)=O. The number of sulfone groups is 1. The Kier molecular flexibility index (Phi) is 4.32. The molecule has 86 valence electrons. The molecule has 0 aromatic carbocycles. The van der Waals surface area contributed by atoms with E-state index < -0.39 is 9.84 Å². The molecule has 0 fully saturated rings. The molecular weight excluding hydrogens is 224 g/mol. The molecule has 1 N–H and O–H groups in total. The van der Waals surface area contributed by atoms with Gasteiger partial charge >= 0.3 is 0 Å². The summed E-state index contributed by atoms with van der Waals surface area (Å²) in [6, 6.07) is 3.13. The topological polar surface area (TPSA) is 59.1 Å². The first-order valence-corrected chi connectivity index (χ1v) is 6.77. The van der Waals surface area contributed by atoms with Crippen LogP contribution >= 0.6 is 0 Å². The number of aromatic nitrogens is 1. The van der Waals surface area contributed by atoms with Gasteiger partial charge in [0.05, 0.1) is 0 Å². The highest BCUT2D eigenvalue weighted by Gasteiger charge is 2.12. The van der Waals surface area contributed by atoms with Gasteiger partial charge in [0.2, 0.25) is 0 Å². The van der Waals surface area contributed by atoms with E-state index in [9.17, 15) is 8.42 Å². The van der Waals surface area contributed by atoms with Crippen molar-refractivity contribution >= 4 is 15.7 Å². The zero-order valence-electron chi connectivity index (χ0n) is 9.10. The van der Waals surface area contributed by atoms with Crippen molar-refractivity contribution in [2.75, 3.05) is 18.1 Å². The molecular formula is C11H14N2O2S. The number of anilines is 1. The molecule has 0 atom stereocenters. The quantitative estimate of drug-likeness (QED) is 0.620. The number of rotatable bonds is 5. The number of unbranched alkanes of at least 4 members (excludes halogenated alkanes) is 1. The van der Waals surface area contributed by atoms with Gasteiger partial charge in [0.1, 0.15) is 10.7 Å². The highest BCUT2D eigenvalue weighted by molar-refractivity contribution is 7.90. The summed E-state index contributed by atoms with van der Waals surface area (Å²) in [6.45, 7) is 0.615. The first kappa shape index (κ1) is 12.5. The average Bonchev–Trinajstić information content (AvgIpc) is 2.24. The summed E-state index contributed by atoms with van der Waals surface area (Å²) in [5.74, 6) is 2.91. The van der Waals surface area contributed by atoms with Crippen LogP contribution in [-0.2, 0) is 9.84 Å². The number of nitrogens with zero attached hydrogens (tertiary/aromatic N) is 1. The molecule has 0 bridgehead atoms. The molecule has 0 unspecified atom stereocenters. The Morgan fingerprint density at radius 1 is 1.56 bits per heavy atom. The maximum Gasteiger partial charge on any atom is 0.179 e. The van der Waals surface area contributed by atoms with E-state index in [1.165, 1.54) is 6.07 Å². The third-order valence-corrected chi connectivity index (χ3v) is 3.09. The predicted molar refractivity (Wildman–Crippen MR) is 63.9 cm³/mol. The van der Waals surface area contributed by atoms with Crippen molar-refractivity contribution in [3.05, 3.63) is 18.3 Å². The van der Waals surface area contributed by atoms with E-state index in [1.807, 2.05) is 0 Å². The fourth-order valence-corrected chi connectivity index (χ4v) is 2.02. The molecule has 0 saturated carbocycles. The van der Waals surface area contributed by atoms with E-state index >= 15 is 0 Å². The first-order valence-electron chi connectivity index (χ1n) is 4.88. The van der Waals surface area contributed by atoms with E-state index in [-0.39, 0.29) is 4.90 Å². The summed E-state index contributed by atoms with van der Waals surface area (Å²) < 4.78 is 22.9. The van der Waals surface area contributed by atoms with Crippen LogP contribution in [0.25, 0.3) is 0 Å². The Balaban J connectivity index is 2.77. The first-order chi connectivity index (χ1) is 7.55. The van der Waals surface area contributed by atoms with Crippen LogP contribution < -0.4 is 5.32 Å². The van der Waals surface area contributed by atoms with Crippen LogP contribution in [0.5, 0.6) is 0 Å². The molecule has 1 aromatic rings. The van der Waals surface area contributed by atoms with Crippen molar-refractivity contribution in [2.45, 2.75) is 17.7 Å². The summed E-state index contributed by atoms with van der Waals surface area (Å²) >= 11 is 0. The van der Waals surface area contributed by atoms with Gasteiger partial charge in [-0.1, -0.05) is 0 Å². The van der Waals surface area contributed by atoms with Crippen LogP contribution in [0.3, 0.4) is 0 Å². The zero-order valence-corrected chi connectivity index (χ0v) is 9.92. The molecule has 4 nitrogen and oxygen atoms in total. The van der Waals surface area contributed by atoms with Crippen molar-refractivity contribution in [1.82, 2.24) is 4.98 Å². The molecule has 1 aromatic heterocycles. The second-order valence-electron chi connectivity index (χ2n) is 3.36. The van der Waals surface area contributed by atoms with Gasteiger partial charge in [-0.3, -0.25) is 0 Å². The van der Waals surface area contributed by atoms with Gasteiger partial charge < -0.3 is 5.32 Å². The van der Waals surface area contributed by atoms with Crippen LogP contribution in [0.1, 0.15) is 12.8 Å². The van der Waals surface area contributed by atoms with E-state index in [0.29, 0.717) is 18.8 Å². The second kappa shape index (κ2) is 5.52. The van der Waals surface area contributed by atoms with Gasteiger partial charge in [0.15, 0.2) is 9.84 Å². The Labute approximate surface area is 96.0 Å². The molecule has 0 spiro atoms. The molecule has 1 rings (SSSR count). The molecule has 0 saturated heterocycles. The maximum absolute atomic E-state index is 11.4. The lowest BCUT2D eigenvalue weighted by molar-refractivity contribution is 0.601. The smallest absolute Gasteiger partial charge is 0.179 e. The molecule has 0 radical (unpaired) electrons. The zero-order chi connectivity index (χ0) is 12.0. The molecule has 0 aliphatic carbocycles. The van der Waals surface area contributed by atoms with Crippen molar-refractivity contribution in [2.24, 2.45) is 0 Å². The Morgan fingerprint density at radius 3 is 2.94 bits per heavy atom. The minimum atomic E-state index is -3.24. The van der Waals surface area contributed by atoms with E-state index in [1.54, 1.807) is 12.3 Å². The lowest BCUT2D eigenvalue weighted by Gasteiger charge is -2.08. The predicted octanol–water partition coefficient (Wildman–Crippen LogP) is 1.31. The molecule has 1 heterocycles. The van der Waals surface area contributed by atoms with Gasteiger partial charge in [0, 0.05) is 25.4 Å². The van der Waals surface area contributed by atoms with Crippen LogP contribution in [0.4, 0.5) is 5.82 Å². The van der Waals surface area contributed by atoms with Gasteiger partial charge in [-0.15, -0.1) is 12.3 Å². The van der Waals surface area contributed by atoms with Crippen molar-refractivity contribution in [1.29, 1.82) is 0 Å². The van der Waals surface area contributed by atoms with E-state index in [2.05, 4.69) is 16.2 Å². The summed E-state index contributed by atoms with van der Waals surface area (Å²) in [5, 5.41) is 2.97. The number of hydrogen-bond acceptors (Lipinski definition) is 4. The monoisotopic (exact) mass is 238 g/mol. The molecule has 16 heavy (non-hydrogen) atoms. The minimum Gasteiger partial charge on any atom is -0.369 e.